The molecule has 2 unspecified atom stereocenters. The number of quaternary nitrogens is 1. The van der Waals surface area contributed by atoms with Gasteiger partial charge < -0.3 is 14.5 Å². The molecule has 1 N–H and O–H groups in total. The molecule has 0 aliphatic carbocycles. The zero-order valence-corrected chi connectivity index (χ0v) is 17.9. The van der Waals surface area contributed by atoms with Crippen molar-refractivity contribution in [3.8, 4) is 0 Å². The second-order valence-corrected chi connectivity index (χ2v) is 8.18. The number of rotatable bonds is 8. The molecule has 158 valence electrons. The molecule has 1 saturated heterocycles. The lowest BCUT2D eigenvalue weighted by atomic mass is 9.89. The number of anilines is 1. The van der Waals surface area contributed by atoms with E-state index in [0.29, 0.717) is 22.7 Å². The number of hydrogen-bond acceptors (Lipinski definition) is 3. The molecule has 0 spiro atoms. The third kappa shape index (κ3) is 4.97. The van der Waals surface area contributed by atoms with Crippen LogP contribution in [0.5, 0.6) is 0 Å². The number of methoxy groups -OCH3 is 1. The van der Waals surface area contributed by atoms with Crippen LogP contribution in [0.2, 0.25) is 0 Å². The maximum Gasteiger partial charge on any atom is 0.279 e. The first kappa shape index (κ1) is 21.8. The quantitative estimate of drug-likeness (QED) is 0.406. The van der Waals surface area contributed by atoms with Gasteiger partial charge in [0, 0.05) is 11.5 Å². The van der Waals surface area contributed by atoms with E-state index in [4.69, 9.17) is 4.74 Å². The van der Waals surface area contributed by atoms with Crippen molar-refractivity contribution < 1.29 is 18.8 Å². The summed E-state index contributed by atoms with van der Waals surface area (Å²) in [6, 6.07) is 16.1. The molecule has 2 atom stereocenters. The van der Waals surface area contributed by atoms with Gasteiger partial charge in [0.15, 0.2) is 12.8 Å². The van der Waals surface area contributed by atoms with E-state index in [-0.39, 0.29) is 12.5 Å². The molecule has 1 heterocycles. The normalized spacial score (nSPS) is 20.9. The van der Waals surface area contributed by atoms with E-state index < -0.39 is 0 Å². The van der Waals surface area contributed by atoms with Crippen LogP contribution in [0.1, 0.15) is 35.4 Å². The Bertz CT molecular complexity index is 910. The summed E-state index contributed by atoms with van der Waals surface area (Å²) >= 11 is 0. The van der Waals surface area contributed by atoms with Gasteiger partial charge >= 0.3 is 0 Å². The summed E-state index contributed by atoms with van der Waals surface area (Å²) in [5, 5.41) is 3.07. The molecule has 2 aromatic rings. The molecular formula is C25H31N2O3+. The number of aldehydes is 1. The Morgan fingerprint density at radius 3 is 2.70 bits per heavy atom. The Balaban J connectivity index is 1.80. The van der Waals surface area contributed by atoms with E-state index >= 15 is 0 Å². The van der Waals surface area contributed by atoms with Crippen LogP contribution >= 0.6 is 0 Å². The predicted octanol–water partition coefficient (Wildman–Crippen LogP) is 4.14. The average Bonchev–Trinajstić information content (AvgIpc) is 2.75. The summed E-state index contributed by atoms with van der Waals surface area (Å²) in [6.45, 7) is 8.13. The van der Waals surface area contributed by atoms with Crippen LogP contribution in [-0.2, 0) is 14.3 Å². The average molecular weight is 408 g/mol. The van der Waals surface area contributed by atoms with E-state index in [1.807, 2.05) is 43.3 Å². The van der Waals surface area contributed by atoms with Crippen LogP contribution in [0.25, 0.3) is 5.76 Å². The molecule has 0 bridgehead atoms. The minimum absolute atomic E-state index is 0.0926. The maximum atomic E-state index is 13.1. The van der Waals surface area contributed by atoms with Crippen LogP contribution < -0.4 is 5.32 Å². The van der Waals surface area contributed by atoms with E-state index in [2.05, 4.69) is 24.0 Å². The van der Waals surface area contributed by atoms with Crippen LogP contribution in [0.15, 0.2) is 55.1 Å². The lowest BCUT2D eigenvalue weighted by Crippen LogP contribution is -2.57. The number of piperidine rings is 1. The summed E-state index contributed by atoms with van der Waals surface area (Å²) in [4.78, 5) is 24.6. The van der Waals surface area contributed by atoms with Gasteiger partial charge in [-0.3, -0.25) is 9.59 Å². The lowest BCUT2D eigenvalue weighted by Gasteiger charge is -2.43. The number of aryl methyl sites for hydroxylation is 1. The SMILES string of the molecule is C=C(OC)c1cccc(C)c1NC(=O)C[N+]1(CC=O)CCCC(c2ccccc2)C1. The predicted molar refractivity (Wildman–Crippen MR) is 120 cm³/mol. The number of nitrogens with one attached hydrogen (secondary N) is 1. The monoisotopic (exact) mass is 407 g/mol. The summed E-state index contributed by atoms with van der Waals surface area (Å²) in [7, 11) is 1.57. The molecule has 3 rings (SSSR count). The number of para-hydroxylation sites is 1. The van der Waals surface area contributed by atoms with Crippen molar-refractivity contribution in [2.45, 2.75) is 25.7 Å². The minimum Gasteiger partial charge on any atom is -0.497 e. The smallest absolute Gasteiger partial charge is 0.279 e. The number of carbonyl (C=O) groups is 2. The number of carbonyl (C=O) groups excluding carboxylic acids is 2. The number of hydrogen-bond donors (Lipinski definition) is 1. The molecule has 0 aromatic heterocycles. The Morgan fingerprint density at radius 2 is 2.00 bits per heavy atom. The van der Waals surface area contributed by atoms with Gasteiger partial charge in [0.05, 0.1) is 25.9 Å². The zero-order chi connectivity index (χ0) is 21.6. The van der Waals surface area contributed by atoms with Gasteiger partial charge in [-0.25, -0.2) is 0 Å². The molecular weight excluding hydrogens is 376 g/mol. The molecule has 1 fully saturated rings. The highest BCUT2D eigenvalue weighted by molar-refractivity contribution is 5.95. The summed E-state index contributed by atoms with van der Waals surface area (Å²) in [6.07, 6.45) is 3.03. The van der Waals surface area contributed by atoms with Crippen LogP contribution in [0.3, 0.4) is 0 Å². The molecule has 5 heteroatoms. The molecule has 5 nitrogen and oxygen atoms in total. The van der Waals surface area contributed by atoms with Crippen molar-refractivity contribution in [1.29, 1.82) is 0 Å². The number of benzene rings is 2. The first-order valence-corrected chi connectivity index (χ1v) is 10.4. The first-order chi connectivity index (χ1) is 14.5. The van der Waals surface area contributed by atoms with Crippen LogP contribution in [-0.4, -0.2) is 50.0 Å². The second-order valence-electron chi connectivity index (χ2n) is 8.18. The number of ether oxygens (including phenoxy) is 1. The van der Waals surface area contributed by atoms with Crippen molar-refractivity contribution in [3.05, 3.63) is 71.8 Å². The highest BCUT2D eigenvalue weighted by Crippen LogP contribution is 2.32. The van der Waals surface area contributed by atoms with Crippen molar-refractivity contribution in [2.75, 3.05) is 38.6 Å². The molecule has 1 aliphatic heterocycles. The Hall–Kier alpha value is -2.92. The standard InChI is InChI=1S/C25H30N2O3/c1-19-9-7-13-23(20(2)30-3)25(19)26-24(29)18-27(15-16-28)14-8-12-22(17-27)21-10-5-4-6-11-21/h4-7,9-11,13,16,22H,2,8,12,14-15,17-18H2,1,3H3/p+1. The second kappa shape index (κ2) is 9.72. The largest absolute Gasteiger partial charge is 0.497 e. The highest BCUT2D eigenvalue weighted by Gasteiger charge is 2.37. The fourth-order valence-electron chi connectivity index (χ4n) is 4.51. The van der Waals surface area contributed by atoms with Gasteiger partial charge in [-0.1, -0.05) is 49.0 Å². The molecule has 0 saturated carbocycles. The molecule has 1 aliphatic rings. The lowest BCUT2D eigenvalue weighted by molar-refractivity contribution is -0.918. The summed E-state index contributed by atoms with van der Waals surface area (Å²) in [5.41, 5.74) is 3.72. The topological polar surface area (TPSA) is 55.4 Å². The van der Waals surface area contributed by atoms with Gasteiger partial charge in [-0.05, 0) is 37.0 Å². The zero-order valence-electron chi connectivity index (χ0n) is 17.9. The van der Waals surface area contributed by atoms with Gasteiger partial charge in [0.2, 0.25) is 0 Å². The van der Waals surface area contributed by atoms with Crippen LogP contribution in [0.4, 0.5) is 5.69 Å². The number of nitrogens with zero attached hydrogens (tertiary/aromatic N) is 1. The Kier molecular flexibility index (Phi) is 7.06. The first-order valence-electron chi connectivity index (χ1n) is 10.4. The van der Waals surface area contributed by atoms with Crippen molar-refractivity contribution in [1.82, 2.24) is 0 Å². The highest BCUT2D eigenvalue weighted by atomic mass is 16.5. The van der Waals surface area contributed by atoms with Gasteiger partial charge in [0.1, 0.15) is 12.3 Å². The third-order valence-electron chi connectivity index (χ3n) is 6.09. The number of amides is 1. The van der Waals surface area contributed by atoms with E-state index in [9.17, 15) is 9.59 Å². The Morgan fingerprint density at radius 1 is 1.23 bits per heavy atom. The van der Waals surface area contributed by atoms with Gasteiger partial charge in [-0.15, -0.1) is 0 Å². The van der Waals surface area contributed by atoms with E-state index in [1.165, 1.54) is 5.56 Å². The fraction of sp³-hybridized carbons (Fsp3) is 0.360. The fourth-order valence-corrected chi connectivity index (χ4v) is 4.51. The molecule has 30 heavy (non-hydrogen) atoms. The van der Waals surface area contributed by atoms with Gasteiger partial charge in [-0.2, -0.15) is 0 Å². The minimum atomic E-state index is -0.0926. The van der Waals surface area contributed by atoms with Crippen molar-refractivity contribution >= 4 is 23.6 Å². The molecule has 0 radical (unpaired) electrons. The van der Waals surface area contributed by atoms with E-state index in [0.717, 1.165) is 49.0 Å². The summed E-state index contributed by atoms with van der Waals surface area (Å²) < 4.78 is 5.78. The van der Waals surface area contributed by atoms with Gasteiger partial charge in [0.25, 0.3) is 5.91 Å². The van der Waals surface area contributed by atoms with Crippen molar-refractivity contribution in [2.24, 2.45) is 0 Å². The maximum absolute atomic E-state index is 13.1. The van der Waals surface area contributed by atoms with Crippen LogP contribution in [0, 0.1) is 6.92 Å². The summed E-state index contributed by atoms with van der Waals surface area (Å²) in [5.74, 6) is 0.771. The third-order valence-corrected chi connectivity index (χ3v) is 6.09. The molecule has 1 amide bonds. The Labute approximate surface area is 178 Å². The number of likely N-dealkylation sites (tertiary alicyclic amines) is 1. The van der Waals surface area contributed by atoms with E-state index in [1.54, 1.807) is 7.11 Å². The van der Waals surface area contributed by atoms with Crippen molar-refractivity contribution in [3.63, 3.8) is 0 Å². The molecule has 2 aromatic carbocycles.